The maximum atomic E-state index is 13.3. The summed E-state index contributed by atoms with van der Waals surface area (Å²) >= 11 is 0. The van der Waals surface area contributed by atoms with Crippen molar-refractivity contribution >= 4 is 22.5 Å². The Kier molecular flexibility index (Phi) is 4.62. The quantitative estimate of drug-likeness (QED) is 0.751. The van der Waals surface area contributed by atoms with Crippen LogP contribution in [0.3, 0.4) is 0 Å². The van der Waals surface area contributed by atoms with Gasteiger partial charge in [-0.15, -0.1) is 0 Å². The highest BCUT2D eigenvalue weighted by molar-refractivity contribution is 6.03. The molecule has 1 unspecified atom stereocenters. The van der Waals surface area contributed by atoms with Gasteiger partial charge in [-0.2, -0.15) is 0 Å². The Balaban J connectivity index is 1.44. The smallest absolute Gasteiger partial charge is 0.277 e. The molecule has 0 saturated carbocycles. The predicted molar refractivity (Wildman–Crippen MR) is 95.5 cm³/mol. The second-order valence-corrected chi connectivity index (χ2v) is 6.54. The summed E-state index contributed by atoms with van der Waals surface area (Å²) in [4.78, 5) is 16.6. The van der Waals surface area contributed by atoms with Gasteiger partial charge in [0.25, 0.3) is 5.91 Å². The summed E-state index contributed by atoms with van der Waals surface area (Å²) in [6.45, 7) is 1.02. The van der Waals surface area contributed by atoms with Crippen molar-refractivity contribution in [2.45, 2.75) is 31.7 Å². The lowest BCUT2D eigenvalue weighted by molar-refractivity contribution is 0.101. The molecule has 1 aliphatic rings. The van der Waals surface area contributed by atoms with E-state index in [0.717, 1.165) is 19.4 Å². The van der Waals surface area contributed by atoms with Crippen LogP contribution in [0.2, 0.25) is 0 Å². The third-order valence-corrected chi connectivity index (χ3v) is 4.55. The molecule has 1 aromatic carbocycles. The molecule has 6 nitrogen and oxygen atoms in total. The molecule has 1 atom stereocenters. The molecule has 1 fully saturated rings. The molecule has 1 aliphatic heterocycles. The number of pyridine rings is 1. The number of piperidine rings is 1. The number of nitrogens with one attached hydrogen (secondary N) is 2. The number of aromatic nitrogens is 2. The molecule has 1 saturated heterocycles. The Labute approximate surface area is 149 Å². The van der Waals surface area contributed by atoms with E-state index in [1.807, 2.05) is 0 Å². The number of carbonyl (C=O) groups is 1. The first kappa shape index (κ1) is 16.7. The number of benzene rings is 1. The van der Waals surface area contributed by atoms with E-state index in [-0.39, 0.29) is 17.4 Å². The highest BCUT2D eigenvalue weighted by atomic mass is 19.1. The molecule has 26 heavy (non-hydrogen) atoms. The van der Waals surface area contributed by atoms with Crippen LogP contribution in [0, 0.1) is 5.82 Å². The van der Waals surface area contributed by atoms with Crippen molar-refractivity contribution in [1.29, 1.82) is 0 Å². The van der Waals surface area contributed by atoms with Gasteiger partial charge in [-0.1, -0.05) is 11.6 Å². The lowest BCUT2D eigenvalue weighted by Gasteiger charge is -2.21. The molecular weight excluding hydrogens is 335 g/mol. The molecule has 4 rings (SSSR count). The van der Waals surface area contributed by atoms with Crippen molar-refractivity contribution in [3.63, 3.8) is 0 Å². The van der Waals surface area contributed by atoms with E-state index >= 15 is 0 Å². The number of rotatable bonds is 4. The van der Waals surface area contributed by atoms with Crippen LogP contribution in [0.5, 0.6) is 0 Å². The average molecular weight is 354 g/mol. The third kappa shape index (κ3) is 3.72. The van der Waals surface area contributed by atoms with Crippen LogP contribution in [0.25, 0.3) is 10.9 Å². The summed E-state index contributed by atoms with van der Waals surface area (Å²) in [5.41, 5.74) is 1.36. The van der Waals surface area contributed by atoms with Crippen molar-refractivity contribution in [3.8, 4) is 0 Å². The van der Waals surface area contributed by atoms with Gasteiger partial charge in [0.1, 0.15) is 11.6 Å². The Morgan fingerprint density at radius 2 is 2.23 bits per heavy atom. The second-order valence-electron chi connectivity index (χ2n) is 6.54. The summed E-state index contributed by atoms with van der Waals surface area (Å²) in [6.07, 6.45) is 5.75. The number of hydrogen-bond acceptors (Lipinski definition) is 5. The average Bonchev–Trinajstić information content (AvgIpc) is 3.11. The molecule has 3 aromatic rings. The zero-order chi connectivity index (χ0) is 17.9. The molecule has 134 valence electrons. The van der Waals surface area contributed by atoms with Crippen LogP contribution in [-0.4, -0.2) is 28.6 Å². The summed E-state index contributed by atoms with van der Waals surface area (Å²) in [5.74, 6) is -0.0392. The minimum atomic E-state index is -0.380. The normalized spacial score (nSPS) is 17.3. The molecule has 1 amide bonds. The number of halogens is 1. The number of anilines is 1. The summed E-state index contributed by atoms with van der Waals surface area (Å²) in [5, 5.41) is 10.6. The molecule has 3 heterocycles. The van der Waals surface area contributed by atoms with Crippen molar-refractivity contribution in [1.82, 2.24) is 15.5 Å². The van der Waals surface area contributed by atoms with Crippen molar-refractivity contribution in [3.05, 3.63) is 53.8 Å². The maximum Gasteiger partial charge on any atom is 0.277 e. The number of hydrogen-bond donors (Lipinski definition) is 2. The predicted octanol–water partition coefficient (Wildman–Crippen LogP) is 3.30. The maximum absolute atomic E-state index is 13.3. The van der Waals surface area contributed by atoms with Crippen LogP contribution >= 0.6 is 0 Å². The van der Waals surface area contributed by atoms with Gasteiger partial charge in [-0.25, -0.2) is 4.39 Å². The minimum Gasteiger partial charge on any atom is -0.361 e. The van der Waals surface area contributed by atoms with Crippen LogP contribution in [-0.2, 0) is 6.42 Å². The van der Waals surface area contributed by atoms with Gasteiger partial charge in [-0.3, -0.25) is 9.78 Å². The Morgan fingerprint density at radius 3 is 3.08 bits per heavy atom. The van der Waals surface area contributed by atoms with Crippen LogP contribution in [0.1, 0.15) is 35.5 Å². The number of amides is 1. The van der Waals surface area contributed by atoms with Gasteiger partial charge in [-0.05, 0) is 43.7 Å². The third-order valence-electron chi connectivity index (χ3n) is 4.55. The molecule has 2 aromatic heterocycles. The van der Waals surface area contributed by atoms with Crippen LogP contribution < -0.4 is 10.6 Å². The Hall–Kier alpha value is -2.80. The first-order valence-electron chi connectivity index (χ1n) is 8.73. The molecule has 0 bridgehead atoms. The van der Waals surface area contributed by atoms with E-state index in [4.69, 9.17) is 4.52 Å². The molecule has 0 spiro atoms. The van der Waals surface area contributed by atoms with E-state index < -0.39 is 0 Å². The van der Waals surface area contributed by atoms with Crippen LogP contribution in [0.4, 0.5) is 10.1 Å². The highest BCUT2D eigenvalue weighted by Gasteiger charge is 2.18. The zero-order valence-corrected chi connectivity index (χ0v) is 14.2. The number of carbonyl (C=O) groups excluding carboxylic acids is 1. The summed E-state index contributed by atoms with van der Waals surface area (Å²) in [6, 6.07) is 8.04. The first-order valence-corrected chi connectivity index (χ1v) is 8.73. The van der Waals surface area contributed by atoms with E-state index in [0.29, 0.717) is 28.4 Å². The lowest BCUT2D eigenvalue weighted by atomic mass is 10.0. The number of nitrogens with zero attached hydrogens (tertiary/aromatic N) is 2. The Bertz CT molecular complexity index is 934. The minimum absolute atomic E-state index is 0.218. The molecule has 0 radical (unpaired) electrons. The largest absolute Gasteiger partial charge is 0.361 e. The SMILES string of the molecule is O=C(Nc1cnc2ccc(F)cc2c1)c1cc(CC2CCCCN2)on1. The second kappa shape index (κ2) is 7.21. The van der Waals surface area contributed by atoms with Gasteiger partial charge in [0.2, 0.25) is 0 Å². The van der Waals surface area contributed by atoms with E-state index in [2.05, 4.69) is 20.8 Å². The van der Waals surface area contributed by atoms with Crippen molar-refractivity contribution < 1.29 is 13.7 Å². The van der Waals surface area contributed by atoms with Crippen molar-refractivity contribution in [2.75, 3.05) is 11.9 Å². The molecule has 0 aliphatic carbocycles. The fourth-order valence-electron chi connectivity index (χ4n) is 3.22. The molecule has 2 N–H and O–H groups in total. The highest BCUT2D eigenvalue weighted by Crippen LogP contribution is 2.19. The van der Waals surface area contributed by atoms with Gasteiger partial charge in [0, 0.05) is 23.9 Å². The molecular formula is C19H19FN4O2. The lowest BCUT2D eigenvalue weighted by Crippen LogP contribution is -2.35. The summed E-state index contributed by atoms with van der Waals surface area (Å²) < 4.78 is 18.6. The van der Waals surface area contributed by atoms with Crippen molar-refractivity contribution in [2.24, 2.45) is 0 Å². The van der Waals surface area contributed by atoms with E-state index in [9.17, 15) is 9.18 Å². The van der Waals surface area contributed by atoms with Gasteiger partial charge in [0.05, 0.1) is 17.4 Å². The standard InChI is InChI=1S/C19H19FN4O2/c20-13-4-5-17-12(7-13)8-15(11-22-17)23-19(25)18-10-16(26-24-18)9-14-3-1-2-6-21-14/h4-5,7-8,10-11,14,21H,1-3,6,9H2,(H,23,25). The summed E-state index contributed by atoms with van der Waals surface area (Å²) in [7, 11) is 0. The topological polar surface area (TPSA) is 80.0 Å². The zero-order valence-electron chi connectivity index (χ0n) is 14.2. The van der Waals surface area contributed by atoms with Crippen LogP contribution in [0.15, 0.2) is 41.1 Å². The fourth-order valence-corrected chi connectivity index (χ4v) is 3.22. The van der Waals surface area contributed by atoms with E-state index in [1.165, 1.54) is 31.2 Å². The fraction of sp³-hybridized carbons (Fsp3) is 0.316. The molecule has 7 heteroatoms. The Morgan fingerprint density at radius 1 is 1.31 bits per heavy atom. The van der Waals surface area contributed by atoms with E-state index in [1.54, 1.807) is 18.2 Å². The monoisotopic (exact) mass is 354 g/mol. The van der Waals surface area contributed by atoms with Gasteiger partial charge >= 0.3 is 0 Å². The first-order chi connectivity index (χ1) is 12.7. The van der Waals surface area contributed by atoms with Gasteiger partial charge < -0.3 is 15.2 Å². The van der Waals surface area contributed by atoms with Gasteiger partial charge in [0.15, 0.2) is 5.69 Å². The number of fused-ring (bicyclic) bond motifs is 1.